The van der Waals surface area contributed by atoms with E-state index in [1.54, 1.807) is 17.8 Å². The highest BCUT2D eigenvalue weighted by Gasteiger charge is 2.22. The van der Waals surface area contributed by atoms with Gasteiger partial charge in [0.2, 0.25) is 15.0 Å². The summed E-state index contributed by atoms with van der Waals surface area (Å²) < 4.78 is 28.7. The van der Waals surface area contributed by atoms with Gasteiger partial charge < -0.3 is 9.47 Å². The summed E-state index contributed by atoms with van der Waals surface area (Å²) in [6, 6.07) is 10.1. The first kappa shape index (κ1) is 21.3. The Morgan fingerprint density at radius 3 is 2.48 bits per heavy atom. The largest absolute Gasteiger partial charge is 0.317 e. The molecule has 8 heteroatoms. The molecule has 0 amide bonds. The Balaban J connectivity index is 1.74. The monoisotopic (exact) mass is 415 g/mol. The zero-order chi connectivity index (χ0) is 20.9. The second-order valence-electron chi connectivity index (χ2n) is 7.33. The van der Waals surface area contributed by atoms with Crippen LogP contribution in [-0.4, -0.2) is 52.0 Å². The van der Waals surface area contributed by atoms with Crippen LogP contribution in [0, 0.1) is 0 Å². The SMILES string of the molecule is CCS(=O)(=O)c1ncc(CN(C)CCc2cnn(C)c2)n1CCc1ccccc1. The quantitative estimate of drug-likeness (QED) is 0.508. The zero-order valence-corrected chi connectivity index (χ0v) is 18.1. The van der Waals surface area contributed by atoms with Gasteiger partial charge in [-0.05, 0) is 31.0 Å². The van der Waals surface area contributed by atoms with Crippen molar-refractivity contribution in [3.63, 3.8) is 0 Å². The molecule has 0 bridgehead atoms. The van der Waals surface area contributed by atoms with Crippen LogP contribution in [0.4, 0.5) is 0 Å². The number of aryl methyl sites for hydroxylation is 2. The van der Waals surface area contributed by atoms with Gasteiger partial charge in [0.15, 0.2) is 0 Å². The summed E-state index contributed by atoms with van der Waals surface area (Å²) in [4.78, 5) is 6.47. The lowest BCUT2D eigenvalue weighted by Gasteiger charge is -2.18. The van der Waals surface area contributed by atoms with Gasteiger partial charge in [0.05, 0.1) is 23.8 Å². The minimum Gasteiger partial charge on any atom is -0.317 e. The molecule has 0 saturated heterocycles. The van der Waals surface area contributed by atoms with E-state index in [0.29, 0.717) is 13.1 Å². The highest BCUT2D eigenvalue weighted by Crippen LogP contribution is 2.16. The van der Waals surface area contributed by atoms with Crippen molar-refractivity contribution in [2.24, 2.45) is 7.05 Å². The molecule has 2 heterocycles. The van der Waals surface area contributed by atoms with E-state index in [2.05, 4.69) is 27.1 Å². The van der Waals surface area contributed by atoms with Crippen LogP contribution >= 0.6 is 0 Å². The number of hydrogen-bond acceptors (Lipinski definition) is 5. The molecule has 0 fully saturated rings. The molecule has 3 aromatic rings. The van der Waals surface area contributed by atoms with Crippen LogP contribution < -0.4 is 0 Å². The van der Waals surface area contributed by atoms with E-state index in [9.17, 15) is 8.42 Å². The lowest BCUT2D eigenvalue weighted by molar-refractivity contribution is 0.319. The minimum absolute atomic E-state index is 0.0473. The van der Waals surface area contributed by atoms with Crippen LogP contribution in [0.15, 0.2) is 54.1 Å². The van der Waals surface area contributed by atoms with E-state index < -0.39 is 9.84 Å². The number of benzene rings is 1. The van der Waals surface area contributed by atoms with Crippen LogP contribution in [-0.2, 0) is 42.8 Å². The molecule has 0 aliphatic heterocycles. The molecule has 0 atom stereocenters. The molecular weight excluding hydrogens is 386 g/mol. The Kier molecular flexibility index (Phi) is 6.87. The van der Waals surface area contributed by atoms with Gasteiger partial charge in [0, 0.05) is 32.9 Å². The summed E-state index contributed by atoms with van der Waals surface area (Å²) in [5.41, 5.74) is 3.28. The summed E-state index contributed by atoms with van der Waals surface area (Å²) in [7, 11) is 0.573. The van der Waals surface area contributed by atoms with Crippen molar-refractivity contribution in [2.45, 2.75) is 38.0 Å². The maximum atomic E-state index is 12.5. The standard InChI is InChI=1S/C21H29N5O2S/c1-4-29(27,28)21-22-15-20(26(21)13-11-18-8-6-5-7-9-18)17-24(2)12-10-19-14-23-25(3)16-19/h5-9,14-16H,4,10-13,17H2,1-3H3. The Morgan fingerprint density at radius 2 is 1.83 bits per heavy atom. The van der Waals surface area contributed by atoms with E-state index in [1.165, 1.54) is 11.1 Å². The molecule has 29 heavy (non-hydrogen) atoms. The zero-order valence-electron chi connectivity index (χ0n) is 17.3. The first-order valence-electron chi connectivity index (χ1n) is 9.86. The van der Waals surface area contributed by atoms with E-state index in [0.717, 1.165) is 25.1 Å². The molecule has 0 spiro atoms. The average Bonchev–Trinajstić information content (AvgIpc) is 3.32. The number of sulfone groups is 1. The third kappa shape index (κ3) is 5.55. The Bertz CT molecular complexity index is 1020. The molecule has 2 aromatic heterocycles. The summed E-state index contributed by atoms with van der Waals surface area (Å²) in [5.74, 6) is 0.0473. The van der Waals surface area contributed by atoms with Gasteiger partial charge in [-0.3, -0.25) is 4.68 Å². The number of aromatic nitrogens is 4. The van der Waals surface area contributed by atoms with E-state index >= 15 is 0 Å². The van der Waals surface area contributed by atoms with E-state index in [1.807, 2.05) is 49.3 Å². The number of likely N-dealkylation sites (N-methyl/N-ethyl adjacent to an activating group) is 1. The van der Waals surface area contributed by atoms with Gasteiger partial charge in [-0.25, -0.2) is 13.4 Å². The van der Waals surface area contributed by atoms with Crippen molar-refractivity contribution in [2.75, 3.05) is 19.3 Å². The molecular formula is C21H29N5O2S. The molecule has 0 aliphatic carbocycles. The van der Waals surface area contributed by atoms with Crippen molar-refractivity contribution in [3.05, 3.63) is 65.7 Å². The van der Waals surface area contributed by atoms with Crippen LogP contribution in [0.25, 0.3) is 0 Å². The van der Waals surface area contributed by atoms with Crippen LogP contribution in [0.3, 0.4) is 0 Å². The molecule has 0 saturated carbocycles. The normalized spacial score (nSPS) is 12.0. The third-order valence-electron chi connectivity index (χ3n) is 5.00. The van der Waals surface area contributed by atoms with Crippen LogP contribution in [0.2, 0.25) is 0 Å². The van der Waals surface area contributed by atoms with Crippen LogP contribution in [0.5, 0.6) is 0 Å². The maximum Gasteiger partial charge on any atom is 0.227 e. The lowest BCUT2D eigenvalue weighted by atomic mass is 10.1. The van der Waals surface area contributed by atoms with Gasteiger partial charge >= 0.3 is 0 Å². The first-order chi connectivity index (χ1) is 13.9. The molecule has 0 radical (unpaired) electrons. The highest BCUT2D eigenvalue weighted by atomic mass is 32.2. The highest BCUT2D eigenvalue weighted by molar-refractivity contribution is 7.91. The maximum absolute atomic E-state index is 12.5. The first-order valence-corrected chi connectivity index (χ1v) is 11.5. The second kappa shape index (κ2) is 9.37. The van der Waals surface area contributed by atoms with Crippen molar-refractivity contribution < 1.29 is 8.42 Å². The fourth-order valence-electron chi connectivity index (χ4n) is 3.30. The molecule has 1 aromatic carbocycles. The van der Waals surface area contributed by atoms with Gasteiger partial charge in [-0.2, -0.15) is 5.10 Å². The molecule has 0 unspecified atom stereocenters. The van der Waals surface area contributed by atoms with Crippen molar-refractivity contribution in [1.82, 2.24) is 24.2 Å². The molecule has 0 aliphatic rings. The van der Waals surface area contributed by atoms with Gasteiger partial charge in [-0.1, -0.05) is 37.3 Å². The average molecular weight is 416 g/mol. The van der Waals surface area contributed by atoms with Gasteiger partial charge in [0.25, 0.3) is 0 Å². The number of hydrogen-bond donors (Lipinski definition) is 0. The van der Waals surface area contributed by atoms with Crippen molar-refractivity contribution in [3.8, 4) is 0 Å². The predicted octanol–water partition coefficient (Wildman–Crippen LogP) is 2.33. The molecule has 3 rings (SSSR count). The third-order valence-corrected chi connectivity index (χ3v) is 6.64. The lowest BCUT2D eigenvalue weighted by Crippen LogP contribution is -2.24. The van der Waals surface area contributed by atoms with Gasteiger partial charge in [-0.15, -0.1) is 0 Å². The number of nitrogens with zero attached hydrogens (tertiary/aromatic N) is 5. The van der Waals surface area contributed by atoms with Crippen molar-refractivity contribution >= 4 is 9.84 Å². The number of imidazole rings is 1. The number of rotatable bonds is 10. The second-order valence-corrected chi connectivity index (χ2v) is 9.50. The predicted molar refractivity (Wildman–Crippen MR) is 113 cm³/mol. The smallest absolute Gasteiger partial charge is 0.227 e. The summed E-state index contributed by atoms with van der Waals surface area (Å²) in [5, 5.41) is 4.38. The van der Waals surface area contributed by atoms with Gasteiger partial charge in [0.1, 0.15) is 0 Å². The van der Waals surface area contributed by atoms with E-state index in [4.69, 9.17) is 0 Å². The molecule has 0 N–H and O–H groups in total. The summed E-state index contributed by atoms with van der Waals surface area (Å²) in [6.45, 7) is 3.74. The topological polar surface area (TPSA) is 73.0 Å². The fraction of sp³-hybridized carbons (Fsp3) is 0.429. The summed E-state index contributed by atoms with van der Waals surface area (Å²) in [6.07, 6.45) is 7.25. The molecule has 7 nitrogen and oxygen atoms in total. The molecule has 156 valence electrons. The fourth-order valence-corrected chi connectivity index (χ4v) is 4.31. The van der Waals surface area contributed by atoms with Crippen LogP contribution in [0.1, 0.15) is 23.7 Å². The van der Waals surface area contributed by atoms with Crippen molar-refractivity contribution in [1.29, 1.82) is 0 Å². The minimum atomic E-state index is -3.38. The summed E-state index contributed by atoms with van der Waals surface area (Å²) >= 11 is 0. The Hall–Kier alpha value is -2.45. The Morgan fingerprint density at radius 1 is 1.07 bits per heavy atom. The Labute approximate surface area is 172 Å². The van der Waals surface area contributed by atoms with E-state index in [-0.39, 0.29) is 10.9 Å².